The largest absolute Gasteiger partial charge is 0.344 e. The van der Waals surface area contributed by atoms with Crippen molar-refractivity contribution in [1.29, 1.82) is 0 Å². The van der Waals surface area contributed by atoms with Gasteiger partial charge in [-0.3, -0.25) is 4.79 Å². The third kappa shape index (κ3) is 5.01. The Balaban J connectivity index is 1.55. The predicted molar refractivity (Wildman–Crippen MR) is 98.9 cm³/mol. The molecule has 1 atom stereocenters. The lowest BCUT2D eigenvalue weighted by molar-refractivity contribution is -0.684. The highest BCUT2D eigenvalue weighted by Crippen LogP contribution is 2.10. The number of aromatic nitrogens is 1. The first-order valence-electron chi connectivity index (χ1n) is 8.57. The maximum absolute atomic E-state index is 12.2. The third-order valence-corrected chi connectivity index (χ3v) is 4.21. The summed E-state index contributed by atoms with van der Waals surface area (Å²) in [6, 6.07) is 24.5. The first kappa shape index (κ1) is 16.9. The molecule has 1 heterocycles. The minimum absolute atomic E-state index is 0.00616. The quantitative estimate of drug-likeness (QED) is 0.690. The number of carbonyl (C=O) groups is 1. The van der Waals surface area contributed by atoms with Crippen LogP contribution in [0.15, 0.2) is 85.2 Å². The summed E-state index contributed by atoms with van der Waals surface area (Å²) in [5, 5.41) is 3.04. The molecule has 0 aliphatic rings. The average Bonchev–Trinajstić information content (AvgIpc) is 2.65. The minimum Gasteiger partial charge on any atom is -0.344 e. The van der Waals surface area contributed by atoms with Gasteiger partial charge in [0, 0.05) is 12.1 Å². The highest BCUT2D eigenvalue weighted by atomic mass is 16.2. The van der Waals surface area contributed by atoms with Crippen LogP contribution in [0.25, 0.3) is 0 Å². The van der Waals surface area contributed by atoms with Gasteiger partial charge < -0.3 is 5.32 Å². The molecule has 1 N–H and O–H groups in total. The maximum atomic E-state index is 12.2. The Morgan fingerprint density at radius 2 is 1.44 bits per heavy atom. The number of nitrogens with one attached hydrogen (secondary N) is 1. The fraction of sp³-hybridized carbons (Fsp3) is 0.182. The molecule has 0 aliphatic heterocycles. The van der Waals surface area contributed by atoms with Gasteiger partial charge >= 0.3 is 0 Å². The molecule has 0 fully saturated rings. The van der Waals surface area contributed by atoms with Gasteiger partial charge in [-0.2, -0.15) is 4.57 Å². The number of hydrogen-bond donors (Lipinski definition) is 1. The summed E-state index contributed by atoms with van der Waals surface area (Å²) in [7, 11) is 0. The summed E-state index contributed by atoms with van der Waals surface area (Å²) in [6.07, 6.45) is 4.83. The van der Waals surface area contributed by atoms with E-state index in [1.165, 1.54) is 11.1 Å². The number of carbonyl (C=O) groups excluding carboxylic acids is 1. The van der Waals surface area contributed by atoms with Crippen LogP contribution >= 0.6 is 0 Å². The Bertz CT molecular complexity index is 798. The number of amides is 1. The van der Waals surface area contributed by atoms with Crippen molar-refractivity contribution in [3.05, 3.63) is 102 Å². The van der Waals surface area contributed by atoms with Crippen molar-refractivity contribution in [2.75, 3.05) is 0 Å². The van der Waals surface area contributed by atoms with Gasteiger partial charge in [-0.1, -0.05) is 60.7 Å². The van der Waals surface area contributed by atoms with E-state index in [-0.39, 0.29) is 11.9 Å². The Labute approximate surface area is 149 Å². The van der Waals surface area contributed by atoms with Gasteiger partial charge in [-0.15, -0.1) is 0 Å². The fourth-order valence-electron chi connectivity index (χ4n) is 2.82. The van der Waals surface area contributed by atoms with E-state index in [2.05, 4.69) is 41.7 Å². The van der Waals surface area contributed by atoms with Gasteiger partial charge in [0.05, 0.1) is 6.04 Å². The van der Waals surface area contributed by atoms with Gasteiger partial charge in [-0.25, -0.2) is 0 Å². The number of benzene rings is 2. The topological polar surface area (TPSA) is 33.0 Å². The molecule has 25 heavy (non-hydrogen) atoms. The second kappa shape index (κ2) is 8.25. The molecule has 0 unspecified atom stereocenters. The molecule has 0 saturated heterocycles. The van der Waals surface area contributed by atoms with Crippen LogP contribution in [0.5, 0.6) is 0 Å². The van der Waals surface area contributed by atoms with Crippen LogP contribution in [0, 0.1) is 0 Å². The summed E-state index contributed by atoms with van der Waals surface area (Å²) < 4.78 is 1.90. The highest BCUT2D eigenvalue weighted by molar-refractivity contribution is 5.74. The second-order valence-corrected chi connectivity index (χ2v) is 6.24. The van der Waals surface area contributed by atoms with Gasteiger partial charge in [0.25, 0.3) is 5.91 Å². The smallest absolute Gasteiger partial charge is 0.286 e. The van der Waals surface area contributed by atoms with E-state index in [1.807, 2.05) is 60.3 Å². The van der Waals surface area contributed by atoms with Gasteiger partial charge in [0.15, 0.2) is 12.4 Å². The zero-order chi connectivity index (χ0) is 17.5. The Kier molecular flexibility index (Phi) is 5.57. The number of pyridine rings is 1. The van der Waals surface area contributed by atoms with Gasteiger partial charge in [0.1, 0.15) is 0 Å². The number of hydrogen-bond acceptors (Lipinski definition) is 1. The zero-order valence-corrected chi connectivity index (χ0v) is 14.4. The molecule has 0 bridgehead atoms. The summed E-state index contributed by atoms with van der Waals surface area (Å²) in [5.74, 6) is 0.0113. The molecule has 126 valence electrons. The zero-order valence-electron chi connectivity index (χ0n) is 14.4. The van der Waals surface area contributed by atoms with Gasteiger partial charge in [0.2, 0.25) is 6.54 Å². The summed E-state index contributed by atoms with van der Waals surface area (Å²) in [6.45, 7) is 2.32. The Hall–Kier alpha value is -2.94. The van der Waals surface area contributed by atoms with Crippen LogP contribution in [0.3, 0.4) is 0 Å². The van der Waals surface area contributed by atoms with E-state index in [0.29, 0.717) is 6.54 Å². The highest BCUT2D eigenvalue weighted by Gasteiger charge is 2.13. The van der Waals surface area contributed by atoms with Crippen molar-refractivity contribution in [2.45, 2.75) is 25.9 Å². The van der Waals surface area contributed by atoms with Crippen molar-refractivity contribution >= 4 is 5.91 Å². The second-order valence-electron chi connectivity index (χ2n) is 6.24. The number of rotatable bonds is 6. The van der Waals surface area contributed by atoms with Gasteiger partial charge in [-0.05, 0) is 30.0 Å². The molecule has 0 spiro atoms. The van der Waals surface area contributed by atoms with Crippen molar-refractivity contribution in [3.63, 3.8) is 0 Å². The average molecular weight is 331 g/mol. The number of nitrogens with zero attached hydrogens (tertiary/aromatic N) is 1. The lowest BCUT2D eigenvalue weighted by Gasteiger charge is -2.12. The first-order valence-corrected chi connectivity index (χ1v) is 8.57. The van der Waals surface area contributed by atoms with E-state index in [4.69, 9.17) is 0 Å². The van der Waals surface area contributed by atoms with Crippen LogP contribution in [0.4, 0.5) is 0 Å². The lowest BCUT2D eigenvalue weighted by Crippen LogP contribution is -2.43. The van der Waals surface area contributed by atoms with Crippen molar-refractivity contribution < 1.29 is 9.36 Å². The molecule has 3 heteroatoms. The van der Waals surface area contributed by atoms with E-state index in [1.54, 1.807) is 0 Å². The van der Waals surface area contributed by atoms with Crippen molar-refractivity contribution in [1.82, 2.24) is 5.32 Å². The standard InChI is InChI=1S/C22H22N2O/c1-18(21-10-6-3-7-11-21)23-22(25)17-24-14-12-20(13-15-24)16-19-8-4-2-5-9-19/h2-15,18H,16-17H2,1H3/p+1/t18-/m0/s1. The molecule has 1 aromatic heterocycles. The molecule has 3 aromatic rings. The molecule has 3 nitrogen and oxygen atoms in total. The Morgan fingerprint density at radius 3 is 2.08 bits per heavy atom. The molecular weight excluding hydrogens is 308 g/mol. The van der Waals surface area contributed by atoms with E-state index >= 15 is 0 Å². The molecule has 0 radical (unpaired) electrons. The van der Waals surface area contributed by atoms with Crippen LogP contribution in [0.1, 0.15) is 29.7 Å². The van der Waals surface area contributed by atoms with E-state index < -0.39 is 0 Å². The van der Waals surface area contributed by atoms with Crippen molar-refractivity contribution in [3.8, 4) is 0 Å². The van der Waals surface area contributed by atoms with Crippen molar-refractivity contribution in [2.24, 2.45) is 0 Å². The molecule has 2 aromatic carbocycles. The summed E-state index contributed by atoms with van der Waals surface area (Å²) >= 11 is 0. The van der Waals surface area contributed by atoms with Crippen LogP contribution in [-0.4, -0.2) is 5.91 Å². The van der Waals surface area contributed by atoms with E-state index in [0.717, 1.165) is 12.0 Å². The third-order valence-electron chi connectivity index (χ3n) is 4.21. The Morgan fingerprint density at radius 1 is 0.880 bits per heavy atom. The molecule has 1 amide bonds. The minimum atomic E-state index is 0.00616. The molecule has 0 aliphatic carbocycles. The summed E-state index contributed by atoms with van der Waals surface area (Å²) in [4.78, 5) is 12.2. The lowest BCUT2D eigenvalue weighted by atomic mass is 10.1. The predicted octanol–water partition coefficient (Wildman–Crippen LogP) is 3.44. The normalized spacial score (nSPS) is 11.7. The first-order chi connectivity index (χ1) is 12.2. The molecular formula is C22H23N2O+. The van der Waals surface area contributed by atoms with Crippen LogP contribution in [0.2, 0.25) is 0 Å². The van der Waals surface area contributed by atoms with Crippen LogP contribution in [-0.2, 0) is 17.8 Å². The van der Waals surface area contributed by atoms with E-state index in [9.17, 15) is 4.79 Å². The maximum Gasteiger partial charge on any atom is 0.286 e. The monoisotopic (exact) mass is 331 g/mol. The van der Waals surface area contributed by atoms with Crippen LogP contribution < -0.4 is 9.88 Å². The molecule has 0 saturated carbocycles. The summed E-state index contributed by atoms with van der Waals surface area (Å²) in [5.41, 5.74) is 3.63. The fourth-order valence-corrected chi connectivity index (χ4v) is 2.82. The SMILES string of the molecule is C[C@H](NC(=O)C[n+]1ccc(Cc2ccccc2)cc1)c1ccccc1. The molecule has 3 rings (SSSR count).